The van der Waals surface area contributed by atoms with Gasteiger partial charge < -0.3 is 14.9 Å². The van der Waals surface area contributed by atoms with Crippen LogP contribution in [0.2, 0.25) is 0 Å². The van der Waals surface area contributed by atoms with Gasteiger partial charge in [-0.15, -0.1) is 0 Å². The molecular formula is C18H24N2O4. The molecule has 0 unspecified atom stereocenters. The largest absolute Gasteiger partial charge is 0.481 e. The number of hydrogen-bond acceptors (Lipinski definition) is 3. The number of carbonyl (C=O) groups excluding carboxylic acids is 2. The molecule has 1 saturated heterocycles. The molecule has 0 bridgehead atoms. The number of amides is 2. The van der Waals surface area contributed by atoms with Crippen LogP contribution in [0.1, 0.15) is 49.0 Å². The quantitative estimate of drug-likeness (QED) is 0.830. The molecule has 6 nitrogen and oxygen atoms in total. The summed E-state index contributed by atoms with van der Waals surface area (Å²) in [7, 11) is 0. The van der Waals surface area contributed by atoms with Crippen LogP contribution in [0.25, 0.3) is 0 Å². The van der Waals surface area contributed by atoms with Gasteiger partial charge in [-0.2, -0.15) is 0 Å². The first-order chi connectivity index (χ1) is 11.4. The summed E-state index contributed by atoms with van der Waals surface area (Å²) in [5.74, 6) is -0.951. The molecule has 130 valence electrons. The summed E-state index contributed by atoms with van der Waals surface area (Å²) in [5, 5.41) is 8.85. The zero-order valence-electron chi connectivity index (χ0n) is 14.2. The number of likely N-dealkylation sites (tertiary alicyclic amines) is 1. The van der Waals surface area contributed by atoms with Gasteiger partial charge in [0.1, 0.15) is 0 Å². The average Bonchev–Trinajstić information content (AvgIpc) is 2.92. The van der Waals surface area contributed by atoms with Crippen LogP contribution in [0.5, 0.6) is 0 Å². The Kier molecular flexibility index (Phi) is 5.95. The van der Waals surface area contributed by atoms with E-state index in [2.05, 4.69) is 0 Å². The Morgan fingerprint density at radius 1 is 1.33 bits per heavy atom. The number of carboxylic acid groups (broad SMARTS) is 1. The molecular weight excluding hydrogens is 308 g/mol. The van der Waals surface area contributed by atoms with E-state index in [1.165, 1.54) is 0 Å². The SMILES string of the molecule is CC(C)N(CCC(=O)O)C(=O)c1cccc(CN2CCCC2=O)c1. The third kappa shape index (κ3) is 4.57. The number of carboxylic acids is 1. The van der Waals surface area contributed by atoms with Crippen molar-refractivity contribution >= 4 is 17.8 Å². The van der Waals surface area contributed by atoms with Crippen molar-refractivity contribution in [3.05, 3.63) is 35.4 Å². The predicted molar refractivity (Wildman–Crippen MR) is 89.5 cm³/mol. The Morgan fingerprint density at radius 2 is 2.08 bits per heavy atom. The van der Waals surface area contributed by atoms with E-state index >= 15 is 0 Å². The monoisotopic (exact) mass is 332 g/mol. The van der Waals surface area contributed by atoms with Gasteiger partial charge in [0.2, 0.25) is 5.91 Å². The molecule has 0 radical (unpaired) electrons. The zero-order chi connectivity index (χ0) is 17.7. The lowest BCUT2D eigenvalue weighted by Gasteiger charge is -2.26. The molecule has 1 N–H and O–H groups in total. The van der Waals surface area contributed by atoms with Crippen LogP contribution in [0.3, 0.4) is 0 Å². The second-order valence-corrected chi connectivity index (χ2v) is 6.36. The van der Waals surface area contributed by atoms with Crippen molar-refractivity contribution in [1.82, 2.24) is 9.80 Å². The number of hydrogen-bond donors (Lipinski definition) is 1. The van der Waals surface area contributed by atoms with Crippen molar-refractivity contribution in [3.8, 4) is 0 Å². The minimum Gasteiger partial charge on any atom is -0.481 e. The molecule has 0 atom stereocenters. The molecule has 0 saturated carbocycles. The van der Waals surface area contributed by atoms with Gasteiger partial charge in [-0.1, -0.05) is 12.1 Å². The van der Waals surface area contributed by atoms with Crippen LogP contribution < -0.4 is 0 Å². The van der Waals surface area contributed by atoms with E-state index in [0.717, 1.165) is 18.5 Å². The molecule has 1 heterocycles. The predicted octanol–water partition coefficient (Wildman–Crippen LogP) is 2.13. The van der Waals surface area contributed by atoms with Crippen LogP contribution in [-0.2, 0) is 16.1 Å². The third-order valence-corrected chi connectivity index (χ3v) is 4.17. The second kappa shape index (κ2) is 7.95. The Labute approximate surface area is 142 Å². The van der Waals surface area contributed by atoms with E-state index in [9.17, 15) is 14.4 Å². The fraction of sp³-hybridized carbons (Fsp3) is 0.500. The standard InChI is InChI=1S/C18H24N2O4/c1-13(2)20(10-8-17(22)23)18(24)15-6-3-5-14(11-15)12-19-9-4-7-16(19)21/h3,5-6,11,13H,4,7-10,12H2,1-2H3,(H,22,23). The summed E-state index contributed by atoms with van der Waals surface area (Å²) in [4.78, 5) is 38.6. The number of carbonyl (C=O) groups is 3. The van der Waals surface area contributed by atoms with Crippen molar-refractivity contribution in [3.63, 3.8) is 0 Å². The molecule has 1 aliphatic heterocycles. The molecule has 1 fully saturated rings. The Balaban J connectivity index is 2.11. The van der Waals surface area contributed by atoms with Gasteiger partial charge in [-0.3, -0.25) is 14.4 Å². The van der Waals surface area contributed by atoms with Crippen molar-refractivity contribution < 1.29 is 19.5 Å². The highest BCUT2D eigenvalue weighted by atomic mass is 16.4. The fourth-order valence-electron chi connectivity index (χ4n) is 2.87. The first-order valence-electron chi connectivity index (χ1n) is 8.28. The van der Waals surface area contributed by atoms with Gasteiger partial charge >= 0.3 is 5.97 Å². The van der Waals surface area contributed by atoms with E-state index in [0.29, 0.717) is 18.5 Å². The first kappa shape index (κ1) is 18.0. The van der Waals surface area contributed by atoms with E-state index in [1.54, 1.807) is 28.0 Å². The van der Waals surface area contributed by atoms with Crippen molar-refractivity contribution in [1.29, 1.82) is 0 Å². The second-order valence-electron chi connectivity index (χ2n) is 6.36. The maximum atomic E-state index is 12.7. The summed E-state index contributed by atoms with van der Waals surface area (Å²) in [5.41, 5.74) is 1.44. The number of rotatable bonds is 7. The van der Waals surface area contributed by atoms with Gasteiger partial charge in [0, 0.05) is 37.7 Å². The van der Waals surface area contributed by atoms with E-state index in [-0.39, 0.29) is 30.8 Å². The fourth-order valence-corrected chi connectivity index (χ4v) is 2.87. The normalized spacial score (nSPS) is 14.3. The van der Waals surface area contributed by atoms with Crippen LogP contribution in [0.4, 0.5) is 0 Å². The topological polar surface area (TPSA) is 77.9 Å². The van der Waals surface area contributed by atoms with Crippen LogP contribution in [0.15, 0.2) is 24.3 Å². The molecule has 1 aliphatic rings. The number of nitrogens with zero attached hydrogens (tertiary/aromatic N) is 2. The van der Waals surface area contributed by atoms with Gasteiger partial charge in [-0.05, 0) is 38.0 Å². The molecule has 1 aromatic rings. The van der Waals surface area contributed by atoms with Gasteiger partial charge in [0.05, 0.1) is 6.42 Å². The Hall–Kier alpha value is -2.37. The molecule has 0 spiro atoms. The molecule has 0 aromatic heterocycles. The number of benzene rings is 1. The highest BCUT2D eigenvalue weighted by Gasteiger charge is 2.22. The summed E-state index contributed by atoms with van der Waals surface area (Å²) in [6.07, 6.45) is 1.40. The number of aliphatic carboxylic acids is 1. The van der Waals surface area contributed by atoms with Crippen LogP contribution in [0, 0.1) is 0 Å². The van der Waals surface area contributed by atoms with Crippen molar-refractivity contribution in [2.24, 2.45) is 0 Å². The lowest BCUT2D eigenvalue weighted by atomic mass is 10.1. The summed E-state index contributed by atoms with van der Waals surface area (Å²) < 4.78 is 0. The van der Waals surface area contributed by atoms with E-state index < -0.39 is 5.97 Å². The van der Waals surface area contributed by atoms with E-state index in [4.69, 9.17) is 5.11 Å². The molecule has 2 amide bonds. The first-order valence-corrected chi connectivity index (χ1v) is 8.28. The third-order valence-electron chi connectivity index (χ3n) is 4.17. The molecule has 24 heavy (non-hydrogen) atoms. The van der Waals surface area contributed by atoms with Gasteiger partial charge in [-0.25, -0.2) is 0 Å². The van der Waals surface area contributed by atoms with Crippen molar-refractivity contribution in [2.75, 3.05) is 13.1 Å². The van der Waals surface area contributed by atoms with E-state index in [1.807, 2.05) is 19.9 Å². The highest BCUT2D eigenvalue weighted by molar-refractivity contribution is 5.94. The Bertz CT molecular complexity index is 627. The lowest BCUT2D eigenvalue weighted by Crippen LogP contribution is -2.38. The van der Waals surface area contributed by atoms with Crippen LogP contribution >= 0.6 is 0 Å². The Morgan fingerprint density at radius 3 is 2.67 bits per heavy atom. The molecule has 0 aliphatic carbocycles. The molecule has 2 rings (SSSR count). The maximum absolute atomic E-state index is 12.7. The highest BCUT2D eigenvalue weighted by Crippen LogP contribution is 2.17. The van der Waals surface area contributed by atoms with Gasteiger partial charge in [0.25, 0.3) is 5.91 Å². The van der Waals surface area contributed by atoms with Crippen LogP contribution in [-0.4, -0.2) is 51.8 Å². The van der Waals surface area contributed by atoms with Crippen molar-refractivity contribution in [2.45, 2.75) is 45.7 Å². The smallest absolute Gasteiger partial charge is 0.305 e. The maximum Gasteiger partial charge on any atom is 0.305 e. The molecule has 1 aromatic carbocycles. The summed E-state index contributed by atoms with van der Waals surface area (Å²) in [6, 6.07) is 7.15. The summed E-state index contributed by atoms with van der Waals surface area (Å²) in [6.45, 7) is 5.18. The van der Waals surface area contributed by atoms with Gasteiger partial charge in [0.15, 0.2) is 0 Å². The average molecular weight is 332 g/mol. The molecule has 6 heteroatoms. The summed E-state index contributed by atoms with van der Waals surface area (Å²) >= 11 is 0. The lowest BCUT2D eigenvalue weighted by molar-refractivity contribution is -0.137. The minimum absolute atomic E-state index is 0.0775. The zero-order valence-corrected chi connectivity index (χ0v) is 14.2. The minimum atomic E-state index is -0.922.